The Bertz CT molecular complexity index is 385. The van der Waals surface area contributed by atoms with Crippen molar-refractivity contribution in [2.45, 2.75) is 12.1 Å². The first-order chi connectivity index (χ1) is 8.09. The number of pyridine rings is 1. The number of halogens is 1. The van der Waals surface area contributed by atoms with Gasteiger partial charge in [0.05, 0.1) is 6.20 Å². The lowest BCUT2D eigenvalue weighted by molar-refractivity contribution is 0.0965. The number of nitrogens with two attached hydrogens (primary N) is 1. The molecular weight excluding hydrogens is 219 g/mol. The first-order valence-corrected chi connectivity index (χ1v) is 5.83. The molecule has 2 rings (SSSR count). The van der Waals surface area contributed by atoms with Gasteiger partial charge in [-0.25, -0.2) is 4.39 Å². The molecule has 5 heteroatoms. The average Bonchev–Trinajstić information content (AvgIpc) is 2.32. The van der Waals surface area contributed by atoms with Crippen molar-refractivity contribution < 1.29 is 4.39 Å². The van der Waals surface area contributed by atoms with Gasteiger partial charge in [-0.15, -0.1) is 0 Å². The Balaban J connectivity index is 2.18. The fourth-order valence-electron chi connectivity index (χ4n) is 2.30. The number of hydrogen-bond donors (Lipinski definition) is 1. The second kappa shape index (κ2) is 5.08. The molecule has 0 spiro atoms. The van der Waals surface area contributed by atoms with E-state index in [1.165, 1.54) is 6.20 Å². The number of rotatable bonds is 2. The predicted octanol–water partition coefficient (Wildman–Crippen LogP) is 0.466. The quantitative estimate of drug-likeness (QED) is 0.813. The van der Waals surface area contributed by atoms with Crippen LogP contribution in [0, 0.1) is 5.82 Å². The Morgan fingerprint density at radius 1 is 1.47 bits per heavy atom. The van der Waals surface area contributed by atoms with Gasteiger partial charge >= 0.3 is 0 Å². The minimum Gasteiger partial charge on any atom is -0.323 e. The Kier molecular flexibility index (Phi) is 3.71. The largest absolute Gasteiger partial charge is 0.323 e. The maximum atomic E-state index is 13.6. The SMILES string of the molecule is CN1CCN(C)C(C(N)c2ccncc2F)C1. The predicted molar refractivity (Wildman–Crippen MR) is 65.0 cm³/mol. The van der Waals surface area contributed by atoms with Crippen LogP contribution in [0.25, 0.3) is 0 Å². The van der Waals surface area contributed by atoms with Gasteiger partial charge in [-0.05, 0) is 20.2 Å². The molecule has 1 aliphatic heterocycles. The Morgan fingerprint density at radius 2 is 2.24 bits per heavy atom. The summed E-state index contributed by atoms with van der Waals surface area (Å²) in [6.07, 6.45) is 2.81. The molecule has 0 bridgehead atoms. The minimum atomic E-state index is -0.318. The van der Waals surface area contributed by atoms with E-state index in [1.807, 2.05) is 7.05 Å². The summed E-state index contributed by atoms with van der Waals surface area (Å²) in [5, 5.41) is 0. The van der Waals surface area contributed by atoms with Crippen LogP contribution in [-0.2, 0) is 0 Å². The highest BCUT2D eigenvalue weighted by molar-refractivity contribution is 5.19. The molecule has 2 heterocycles. The summed E-state index contributed by atoms with van der Waals surface area (Å²) in [6, 6.07) is 1.50. The molecule has 0 aromatic carbocycles. The van der Waals surface area contributed by atoms with E-state index < -0.39 is 0 Å². The second-order valence-corrected chi connectivity index (χ2v) is 4.73. The van der Waals surface area contributed by atoms with Crippen LogP contribution in [0.1, 0.15) is 11.6 Å². The molecule has 1 aromatic heterocycles. The van der Waals surface area contributed by atoms with Crippen LogP contribution in [-0.4, -0.2) is 54.6 Å². The van der Waals surface area contributed by atoms with E-state index in [1.54, 1.807) is 12.3 Å². The first kappa shape index (κ1) is 12.4. The molecule has 2 atom stereocenters. The zero-order valence-corrected chi connectivity index (χ0v) is 10.3. The van der Waals surface area contributed by atoms with Gasteiger partial charge in [0.15, 0.2) is 0 Å². The number of hydrogen-bond acceptors (Lipinski definition) is 4. The number of nitrogens with zero attached hydrogens (tertiary/aromatic N) is 3. The summed E-state index contributed by atoms with van der Waals surface area (Å²) in [5.41, 5.74) is 6.74. The normalized spacial score (nSPS) is 24.8. The fraction of sp³-hybridized carbons (Fsp3) is 0.583. The van der Waals surface area contributed by atoms with Crippen LogP contribution in [0.15, 0.2) is 18.5 Å². The van der Waals surface area contributed by atoms with E-state index in [0.717, 1.165) is 19.6 Å². The molecule has 1 fully saturated rings. The summed E-state index contributed by atoms with van der Waals surface area (Å²) in [5.74, 6) is -0.318. The maximum absolute atomic E-state index is 13.6. The Labute approximate surface area is 101 Å². The summed E-state index contributed by atoms with van der Waals surface area (Å²) in [6.45, 7) is 2.85. The first-order valence-electron chi connectivity index (χ1n) is 5.83. The third kappa shape index (κ3) is 2.62. The van der Waals surface area contributed by atoms with Gasteiger partial charge in [-0.1, -0.05) is 0 Å². The van der Waals surface area contributed by atoms with Crippen LogP contribution < -0.4 is 5.73 Å². The van der Waals surface area contributed by atoms with Gasteiger partial charge in [-0.3, -0.25) is 9.88 Å². The third-order valence-corrected chi connectivity index (χ3v) is 3.48. The average molecular weight is 238 g/mol. The molecule has 0 radical (unpaired) electrons. The molecule has 0 amide bonds. The smallest absolute Gasteiger partial charge is 0.146 e. The van der Waals surface area contributed by atoms with Crippen LogP contribution in [0.5, 0.6) is 0 Å². The van der Waals surface area contributed by atoms with Crippen molar-refractivity contribution in [3.63, 3.8) is 0 Å². The van der Waals surface area contributed by atoms with Gasteiger partial charge in [0, 0.05) is 43.5 Å². The molecule has 1 aliphatic rings. The van der Waals surface area contributed by atoms with E-state index in [4.69, 9.17) is 5.73 Å². The highest BCUT2D eigenvalue weighted by atomic mass is 19.1. The molecule has 2 unspecified atom stereocenters. The van der Waals surface area contributed by atoms with E-state index in [2.05, 4.69) is 21.8 Å². The monoisotopic (exact) mass is 238 g/mol. The third-order valence-electron chi connectivity index (χ3n) is 3.48. The maximum Gasteiger partial charge on any atom is 0.146 e. The molecule has 1 aromatic rings. The van der Waals surface area contributed by atoms with Gasteiger partial charge < -0.3 is 10.6 Å². The van der Waals surface area contributed by atoms with Crippen molar-refractivity contribution in [2.75, 3.05) is 33.7 Å². The lowest BCUT2D eigenvalue weighted by atomic mass is 9.98. The van der Waals surface area contributed by atoms with Crippen LogP contribution in [0.4, 0.5) is 4.39 Å². The number of aromatic nitrogens is 1. The van der Waals surface area contributed by atoms with E-state index >= 15 is 0 Å². The summed E-state index contributed by atoms with van der Waals surface area (Å²) in [4.78, 5) is 8.18. The highest BCUT2D eigenvalue weighted by Crippen LogP contribution is 2.22. The molecule has 94 valence electrons. The molecule has 2 N–H and O–H groups in total. The Morgan fingerprint density at radius 3 is 2.94 bits per heavy atom. The molecule has 17 heavy (non-hydrogen) atoms. The molecule has 4 nitrogen and oxygen atoms in total. The highest BCUT2D eigenvalue weighted by Gasteiger charge is 2.29. The van der Waals surface area contributed by atoms with Crippen molar-refractivity contribution in [1.29, 1.82) is 0 Å². The molecule has 1 saturated heterocycles. The van der Waals surface area contributed by atoms with Crippen LogP contribution in [0.3, 0.4) is 0 Å². The van der Waals surface area contributed by atoms with Crippen molar-refractivity contribution >= 4 is 0 Å². The van der Waals surface area contributed by atoms with Gasteiger partial charge in [0.2, 0.25) is 0 Å². The number of likely N-dealkylation sites (N-methyl/N-ethyl adjacent to an activating group) is 2. The van der Waals surface area contributed by atoms with Gasteiger partial charge in [0.1, 0.15) is 5.82 Å². The van der Waals surface area contributed by atoms with Crippen LogP contribution >= 0.6 is 0 Å². The lowest BCUT2D eigenvalue weighted by Crippen LogP contribution is -2.54. The second-order valence-electron chi connectivity index (χ2n) is 4.73. The minimum absolute atomic E-state index is 0.144. The zero-order chi connectivity index (χ0) is 12.4. The molecule has 0 saturated carbocycles. The van der Waals surface area contributed by atoms with Gasteiger partial charge in [0.25, 0.3) is 0 Å². The molecule has 0 aliphatic carbocycles. The van der Waals surface area contributed by atoms with E-state index in [9.17, 15) is 4.39 Å². The van der Waals surface area contributed by atoms with Crippen molar-refractivity contribution in [3.8, 4) is 0 Å². The summed E-state index contributed by atoms with van der Waals surface area (Å²) < 4.78 is 13.6. The van der Waals surface area contributed by atoms with Crippen LogP contribution in [0.2, 0.25) is 0 Å². The lowest BCUT2D eigenvalue weighted by Gasteiger charge is -2.40. The summed E-state index contributed by atoms with van der Waals surface area (Å²) in [7, 11) is 4.10. The van der Waals surface area contributed by atoms with Crippen molar-refractivity contribution in [2.24, 2.45) is 5.73 Å². The van der Waals surface area contributed by atoms with E-state index in [-0.39, 0.29) is 17.9 Å². The zero-order valence-electron chi connectivity index (χ0n) is 10.3. The van der Waals surface area contributed by atoms with Crippen molar-refractivity contribution in [3.05, 3.63) is 29.8 Å². The molecular formula is C12H19FN4. The summed E-state index contributed by atoms with van der Waals surface area (Å²) >= 11 is 0. The standard InChI is InChI=1S/C12H19FN4/c1-16-5-6-17(2)11(8-16)12(14)9-3-4-15-7-10(9)13/h3-4,7,11-12H,5-6,8,14H2,1-2H3. The number of piperazine rings is 1. The van der Waals surface area contributed by atoms with E-state index in [0.29, 0.717) is 5.56 Å². The Hall–Kier alpha value is -1.04. The van der Waals surface area contributed by atoms with Crippen molar-refractivity contribution in [1.82, 2.24) is 14.8 Å². The topological polar surface area (TPSA) is 45.4 Å². The fourth-order valence-corrected chi connectivity index (χ4v) is 2.30. The van der Waals surface area contributed by atoms with Gasteiger partial charge in [-0.2, -0.15) is 0 Å².